The number of carbonyl (C=O) groups excluding carboxylic acids is 10. The molecule has 0 aromatic heterocycles. The van der Waals surface area contributed by atoms with Crippen LogP contribution < -0.4 is 47.9 Å². The first-order valence-corrected chi connectivity index (χ1v) is 31.9. The van der Waals surface area contributed by atoms with Gasteiger partial charge in [0.1, 0.15) is 66.6 Å². The molecule has 0 unspecified atom stereocenters. The number of nitrogens with one attached hydrogen (secondary N) is 9. The van der Waals surface area contributed by atoms with E-state index < -0.39 is 119 Å². The van der Waals surface area contributed by atoms with Gasteiger partial charge in [0.2, 0.25) is 47.3 Å². The van der Waals surface area contributed by atoms with Crippen molar-refractivity contribution in [1.29, 1.82) is 0 Å². The Balaban J connectivity index is 3.51. The van der Waals surface area contributed by atoms with Gasteiger partial charge in [-0.2, -0.15) is 0 Å². The van der Waals surface area contributed by atoms with Gasteiger partial charge >= 0.3 is 12.1 Å². The zero-order chi connectivity index (χ0) is 66.6. The first kappa shape index (κ1) is 78.7. The number of benzene rings is 1. The predicted molar refractivity (Wildman–Crippen MR) is 340 cm³/mol. The summed E-state index contributed by atoms with van der Waals surface area (Å²) in [6, 6.07) is -0.816. The number of hydrogen-bond acceptors (Lipinski definition) is 12. The lowest BCUT2D eigenvalue weighted by Crippen LogP contribution is -2.61. The highest BCUT2D eigenvalue weighted by Gasteiger charge is 2.37. The van der Waals surface area contributed by atoms with Crippen LogP contribution in [0.2, 0.25) is 0 Å². The summed E-state index contributed by atoms with van der Waals surface area (Å²) >= 11 is 0. The fourth-order valence-corrected chi connectivity index (χ4v) is 9.77. The summed E-state index contributed by atoms with van der Waals surface area (Å²) < 4.78 is 11.0. The lowest BCUT2D eigenvalue weighted by molar-refractivity contribution is -0.150. The first-order valence-electron chi connectivity index (χ1n) is 31.9. The lowest BCUT2D eigenvalue weighted by Gasteiger charge is -2.30. The third-order valence-electron chi connectivity index (χ3n) is 13.6. The van der Waals surface area contributed by atoms with Crippen LogP contribution in [0.1, 0.15) is 209 Å². The van der Waals surface area contributed by atoms with Gasteiger partial charge in [-0.3, -0.25) is 38.4 Å². The van der Waals surface area contributed by atoms with Gasteiger partial charge in [0.15, 0.2) is 0 Å². The van der Waals surface area contributed by atoms with Gasteiger partial charge in [0.05, 0.1) is 0 Å². The van der Waals surface area contributed by atoms with Crippen LogP contribution in [0.4, 0.5) is 4.79 Å². The Morgan fingerprint density at radius 1 is 0.310 bits per heavy atom. The summed E-state index contributed by atoms with van der Waals surface area (Å²) in [4.78, 5) is 141. The molecule has 0 aliphatic rings. The SMILES string of the molecule is CC(C)C[C@H](NC(=O)OC(C)(C)C)C(=O)N[C@@H](CC(C)C)C(=O)N[C@@H](CC(C)C)C(=O)N[C@@H](CC(C)C)C(=O)N[C@@H](CC(C)C)C(=O)N[C@@H](CC(C)C)C(=O)N[C@@H](CC(C)C)C(=O)N[C@@H](CC(C)C)C(=O)N[C@@H](CC(C)C)C(=O)OCc1ccccc1. The van der Waals surface area contributed by atoms with Gasteiger partial charge < -0.3 is 57.3 Å². The molecule has 0 bridgehead atoms. The molecule has 9 amide bonds. The third-order valence-corrected chi connectivity index (χ3v) is 13.6. The predicted octanol–water partition coefficient (Wildman–Crippen LogP) is 7.92. The van der Waals surface area contributed by atoms with Gasteiger partial charge in [-0.1, -0.05) is 155 Å². The summed E-state index contributed by atoms with van der Waals surface area (Å²) in [5, 5.41) is 25.5. The highest BCUT2D eigenvalue weighted by atomic mass is 16.6. The molecule has 496 valence electrons. The maximum Gasteiger partial charge on any atom is 0.408 e. The Bertz CT molecular complexity index is 2330. The van der Waals surface area contributed by atoms with Crippen molar-refractivity contribution in [2.45, 2.75) is 270 Å². The molecule has 9 atom stereocenters. The van der Waals surface area contributed by atoms with Crippen molar-refractivity contribution in [2.24, 2.45) is 53.3 Å². The maximum atomic E-state index is 14.5. The van der Waals surface area contributed by atoms with Gasteiger partial charge in [-0.25, -0.2) is 9.59 Å². The molecule has 0 heterocycles. The topological polar surface area (TPSA) is 297 Å². The van der Waals surface area contributed by atoms with Crippen LogP contribution in [-0.2, 0) is 59.2 Å². The van der Waals surface area contributed by atoms with Crippen LogP contribution >= 0.6 is 0 Å². The van der Waals surface area contributed by atoms with E-state index in [-0.39, 0.29) is 118 Å². The fourth-order valence-electron chi connectivity index (χ4n) is 9.77. The second kappa shape index (κ2) is 38.9. The monoisotopic (exact) mass is 1230 g/mol. The Kier molecular flexibility index (Phi) is 35.2. The second-order valence-corrected chi connectivity index (χ2v) is 28.4. The fraction of sp³-hybridized carbons (Fsp3) is 0.758. The molecule has 0 aliphatic heterocycles. The number of carbonyl (C=O) groups is 10. The molecule has 1 rings (SSSR count). The van der Waals surface area contributed by atoms with Gasteiger partial charge in [0, 0.05) is 0 Å². The number of amides is 9. The number of ether oxygens (including phenoxy) is 2. The normalized spacial score (nSPS) is 15.0. The molecule has 87 heavy (non-hydrogen) atoms. The molecule has 1 aromatic rings. The van der Waals surface area contributed by atoms with E-state index in [1.54, 1.807) is 20.8 Å². The minimum Gasteiger partial charge on any atom is -0.459 e. The molecule has 0 saturated heterocycles. The van der Waals surface area contributed by atoms with Gasteiger partial charge in [-0.05, 0) is 137 Å². The van der Waals surface area contributed by atoms with Crippen molar-refractivity contribution >= 4 is 59.3 Å². The molecular weight excluding hydrogens is 1110 g/mol. The molecule has 9 N–H and O–H groups in total. The molecule has 1 aromatic carbocycles. The van der Waals surface area contributed by atoms with Crippen molar-refractivity contribution < 1.29 is 57.4 Å². The maximum absolute atomic E-state index is 14.5. The van der Waals surface area contributed by atoms with Crippen molar-refractivity contribution in [1.82, 2.24) is 47.9 Å². The van der Waals surface area contributed by atoms with Crippen LogP contribution in [0.15, 0.2) is 30.3 Å². The van der Waals surface area contributed by atoms with Crippen molar-refractivity contribution in [3.63, 3.8) is 0 Å². The van der Waals surface area contributed by atoms with E-state index in [0.29, 0.717) is 0 Å². The molecule has 21 nitrogen and oxygen atoms in total. The average Bonchev–Trinajstić information content (AvgIpc) is 2.87. The third kappa shape index (κ3) is 33.6. The molecule has 0 aliphatic carbocycles. The molecule has 21 heteroatoms. The van der Waals surface area contributed by atoms with E-state index in [9.17, 15) is 47.9 Å². The Hall–Kier alpha value is -6.28. The van der Waals surface area contributed by atoms with Gasteiger partial charge in [-0.15, -0.1) is 0 Å². The standard InChI is InChI=1S/C66H115N9O12/c1-37(2)27-47(67-57(77)48(28-38(3)4)69-59(79)50(30-40(7)8)71-61(81)52(32-42(11)12)73-63(83)54(34-44(15)16)75-65(85)87-66(19,20)21)56(76)68-49(29-39(5)6)58(78)70-51(31-41(9)10)60(80)72-53(33-43(13)14)62(82)74-55(35-45(17)18)64(84)86-36-46-25-23-22-24-26-46/h22-26,37-45,47-55H,27-36H2,1-21H3,(H,67,77)(H,68,76)(H,69,79)(H,70,78)(H,71,81)(H,72,80)(H,73,83)(H,74,82)(H,75,85)/t47-,48-,49-,50-,51-,52-,53-,54-,55-/m0/s1. The summed E-state index contributed by atoms with van der Waals surface area (Å²) in [5.41, 5.74) is -0.0320. The lowest BCUT2D eigenvalue weighted by atomic mass is 9.97. The second-order valence-electron chi connectivity index (χ2n) is 28.4. The van der Waals surface area contributed by atoms with Gasteiger partial charge in [0.25, 0.3) is 0 Å². The van der Waals surface area contributed by atoms with Crippen LogP contribution in [0.25, 0.3) is 0 Å². The summed E-state index contributed by atoms with van der Waals surface area (Å²) in [7, 11) is 0. The van der Waals surface area contributed by atoms with E-state index >= 15 is 0 Å². The van der Waals surface area contributed by atoms with E-state index in [1.807, 2.05) is 155 Å². The van der Waals surface area contributed by atoms with E-state index in [0.717, 1.165) is 5.56 Å². The van der Waals surface area contributed by atoms with Crippen molar-refractivity contribution in [3.05, 3.63) is 35.9 Å². The number of hydrogen-bond donors (Lipinski definition) is 9. The van der Waals surface area contributed by atoms with E-state index in [4.69, 9.17) is 9.47 Å². The van der Waals surface area contributed by atoms with Crippen molar-refractivity contribution in [2.75, 3.05) is 0 Å². The minimum absolute atomic E-state index is 0.0106. The number of rotatable bonds is 38. The van der Waals surface area contributed by atoms with Crippen molar-refractivity contribution in [3.8, 4) is 0 Å². The zero-order valence-corrected chi connectivity index (χ0v) is 56.7. The van der Waals surface area contributed by atoms with Crippen LogP contribution in [0, 0.1) is 53.3 Å². The molecule has 0 fully saturated rings. The smallest absolute Gasteiger partial charge is 0.408 e. The summed E-state index contributed by atoms with van der Waals surface area (Å²) in [6.45, 7) is 39.1. The number of alkyl carbamates (subject to hydrolysis) is 1. The zero-order valence-electron chi connectivity index (χ0n) is 56.7. The molecule has 0 spiro atoms. The highest BCUT2D eigenvalue weighted by Crippen LogP contribution is 2.18. The molecule has 0 saturated carbocycles. The minimum atomic E-state index is -1.18. The van der Waals surface area contributed by atoms with Crippen LogP contribution in [0.5, 0.6) is 0 Å². The summed E-state index contributed by atoms with van der Waals surface area (Å²) in [5.74, 6) is -6.40. The van der Waals surface area contributed by atoms with E-state index in [1.165, 1.54) is 0 Å². The quantitative estimate of drug-likeness (QED) is 0.0285. The Morgan fingerprint density at radius 3 is 0.713 bits per heavy atom. The van der Waals surface area contributed by atoms with E-state index in [2.05, 4.69) is 47.9 Å². The van der Waals surface area contributed by atoms with Crippen LogP contribution in [0.3, 0.4) is 0 Å². The largest absolute Gasteiger partial charge is 0.459 e. The Labute approximate surface area is 521 Å². The molecule has 0 radical (unpaired) electrons. The average molecular weight is 1230 g/mol. The highest BCUT2D eigenvalue weighted by molar-refractivity contribution is 5.98. The first-order chi connectivity index (χ1) is 40.3. The Morgan fingerprint density at radius 2 is 0.506 bits per heavy atom. The summed E-state index contributed by atoms with van der Waals surface area (Å²) in [6.07, 6.45) is 0.999. The number of esters is 1. The van der Waals surface area contributed by atoms with Crippen LogP contribution in [-0.4, -0.2) is 119 Å². The molecular formula is C66H115N9O12.